The zero-order valence-electron chi connectivity index (χ0n) is 15.6. The number of hydrogen-bond acceptors (Lipinski definition) is 3. The molecule has 2 aromatic rings. The maximum Gasteiger partial charge on any atom is 0.243 e. The van der Waals surface area contributed by atoms with Crippen LogP contribution in [0.2, 0.25) is 0 Å². The second kappa shape index (κ2) is 8.33. The molecule has 0 saturated carbocycles. The molecule has 1 atom stereocenters. The summed E-state index contributed by atoms with van der Waals surface area (Å²) < 4.78 is 28.5. The molecular formula is C21H28N2O2S. The van der Waals surface area contributed by atoms with Gasteiger partial charge in [-0.2, -0.15) is 4.31 Å². The molecule has 1 unspecified atom stereocenters. The first-order chi connectivity index (χ1) is 12.5. The largest absolute Gasteiger partial charge is 0.305 e. The molecule has 0 radical (unpaired) electrons. The summed E-state index contributed by atoms with van der Waals surface area (Å²) in [6.45, 7) is 4.25. The fourth-order valence-corrected chi connectivity index (χ4v) is 5.21. The van der Waals surface area contributed by atoms with Gasteiger partial charge >= 0.3 is 0 Å². The Labute approximate surface area is 157 Å². The first-order valence-electron chi connectivity index (χ1n) is 9.34. The molecule has 0 aliphatic carbocycles. The molecular weight excluding hydrogens is 344 g/mol. The van der Waals surface area contributed by atoms with Gasteiger partial charge in [0.1, 0.15) is 0 Å². The number of aryl methyl sites for hydroxylation is 1. The second-order valence-corrected chi connectivity index (χ2v) is 9.03. The van der Waals surface area contributed by atoms with Gasteiger partial charge < -0.3 is 4.90 Å². The van der Waals surface area contributed by atoms with E-state index in [0.717, 1.165) is 37.9 Å². The highest BCUT2D eigenvalue weighted by molar-refractivity contribution is 7.89. The lowest BCUT2D eigenvalue weighted by molar-refractivity contribution is 0.304. The Bertz CT molecular complexity index is 804. The van der Waals surface area contributed by atoms with Crippen molar-refractivity contribution in [3.8, 4) is 0 Å². The van der Waals surface area contributed by atoms with Crippen LogP contribution in [0.15, 0.2) is 59.5 Å². The summed E-state index contributed by atoms with van der Waals surface area (Å²) in [5.41, 5.74) is 2.20. The van der Waals surface area contributed by atoms with E-state index < -0.39 is 10.0 Å². The van der Waals surface area contributed by atoms with Crippen LogP contribution in [0.25, 0.3) is 0 Å². The van der Waals surface area contributed by atoms with E-state index in [-0.39, 0.29) is 6.04 Å². The maximum atomic E-state index is 13.4. The van der Waals surface area contributed by atoms with Gasteiger partial charge in [0.25, 0.3) is 0 Å². The monoisotopic (exact) mass is 372 g/mol. The van der Waals surface area contributed by atoms with Gasteiger partial charge in [-0.3, -0.25) is 0 Å². The van der Waals surface area contributed by atoms with Crippen LogP contribution in [0.4, 0.5) is 0 Å². The van der Waals surface area contributed by atoms with Gasteiger partial charge in [0.15, 0.2) is 0 Å². The molecule has 1 fully saturated rings. The van der Waals surface area contributed by atoms with Gasteiger partial charge in [-0.15, -0.1) is 0 Å². The molecule has 0 spiro atoms. The molecule has 5 heteroatoms. The summed E-state index contributed by atoms with van der Waals surface area (Å²) in [5, 5.41) is 0. The molecule has 0 N–H and O–H groups in total. The third-order valence-electron chi connectivity index (χ3n) is 5.02. The zero-order chi connectivity index (χ0) is 18.6. The highest BCUT2D eigenvalue weighted by atomic mass is 32.2. The highest BCUT2D eigenvalue weighted by Gasteiger charge is 2.34. The van der Waals surface area contributed by atoms with E-state index in [1.54, 1.807) is 16.4 Å². The van der Waals surface area contributed by atoms with E-state index in [0.29, 0.717) is 11.4 Å². The molecule has 1 aliphatic rings. The lowest BCUT2D eigenvalue weighted by atomic mass is 10.1. The average Bonchev–Trinajstić information content (AvgIpc) is 3.07. The summed E-state index contributed by atoms with van der Waals surface area (Å²) in [4.78, 5) is 2.59. The smallest absolute Gasteiger partial charge is 0.243 e. The fraction of sp³-hybridized carbons (Fsp3) is 0.429. The minimum absolute atomic E-state index is 0.0144. The Hall–Kier alpha value is -1.69. The summed E-state index contributed by atoms with van der Waals surface area (Å²) >= 11 is 0. The summed E-state index contributed by atoms with van der Waals surface area (Å²) in [5.74, 6) is 0. The minimum atomic E-state index is -3.53. The fourth-order valence-electron chi connectivity index (χ4n) is 3.57. The van der Waals surface area contributed by atoms with E-state index in [1.807, 2.05) is 49.5 Å². The zero-order valence-corrected chi connectivity index (χ0v) is 16.5. The summed E-state index contributed by atoms with van der Waals surface area (Å²) in [6.07, 6.45) is 2.90. The van der Waals surface area contributed by atoms with Crippen molar-refractivity contribution in [1.29, 1.82) is 0 Å². The number of benzene rings is 2. The van der Waals surface area contributed by atoms with Crippen molar-refractivity contribution in [2.45, 2.75) is 43.7 Å². The molecule has 1 heterocycles. The first kappa shape index (κ1) is 19.1. The Kier molecular flexibility index (Phi) is 6.12. The molecule has 26 heavy (non-hydrogen) atoms. The van der Waals surface area contributed by atoms with Crippen LogP contribution in [0.5, 0.6) is 0 Å². The molecule has 3 rings (SSSR count). The van der Waals surface area contributed by atoms with Gasteiger partial charge in [0, 0.05) is 19.1 Å². The van der Waals surface area contributed by atoms with Gasteiger partial charge in [0.05, 0.1) is 4.90 Å². The van der Waals surface area contributed by atoms with Gasteiger partial charge in [-0.25, -0.2) is 8.42 Å². The standard InChI is InChI=1S/C21H28N2O2S/c1-3-7-18-10-12-21(13-11-18)26(24,25)23(20-14-15-22(2)17-20)16-19-8-5-4-6-9-19/h4-6,8-13,20H,3,7,14-17H2,1-2H3. The third kappa shape index (κ3) is 4.34. The van der Waals surface area contributed by atoms with Crippen molar-refractivity contribution in [2.24, 2.45) is 0 Å². The van der Waals surface area contributed by atoms with E-state index in [1.165, 1.54) is 5.56 Å². The van der Waals surface area contributed by atoms with Crippen LogP contribution in [-0.2, 0) is 23.0 Å². The Balaban J connectivity index is 1.91. The van der Waals surface area contributed by atoms with Crippen molar-refractivity contribution < 1.29 is 8.42 Å². The average molecular weight is 373 g/mol. The quantitative estimate of drug-likeness (QED) is 0.746. The second-order valence-electron chi connectivity index (χ2n) is 7.13. The predicted molar refractivity (Wildman–Crippen MR) is 106 cm³/mol. The normalized spacial score (nSPS) is 18.5. The maximum absolute atomic E-state index is 13.4. The molecule has 140 valence electrons. The number of nitrogens with zero attached hydrogens (tertiary/aromatic N) is 2. The van der Waals surface area contributed by atoms with E-state index in [2.05, 4.69) is 11.8 Å². The van der Waals surface area contributed by atoms with Crippen molar-refractivity contribution in [3.05, 3.63) is 65.7 Å². The molecule has 0 bridgehead atoms. The van der Waals surface area contributed by atoms with Crippen molar-refractivity contribution in [2.75, 3.05) is 20.1 Å². The summed E-state index contributed by atoms with van der Waals surface area (Å²) in [6, 6.07) is 17.3. The van der Waals surface area contributed by atoms with Crippen LogP contribution >= 0.6 is 0 Å². The lowest BCUT2D eigenvalue weighted by Crippen LogP contribution is -2.41. The predicted octanol–water partition coefficient (Wildman–Crippen LogP) is 3.53. The third-order valence-corrected chi connectivity index (χ3v) is 6.94. The van der Waals surface area contributed by atoms with Gasteiger partial charge in [-0.05, 0) is 49.7 Å². The molecule has 1 aliphatic heterocycles. The van der Waals surface area contributed by atoms with Crippen LogP contribution in [-0.4, -0.2) is 43.8 Å². The number of rotatable bonds is 7. The molecule has 4 nitrogen and oxygen atoms in total. The first-order valence-corrected chi connectivity index (χ1v) is 10.8. The van der Waals surface area contributed by atoms with Crippen molar-refractivity contribution in [3.63, 3.8) is 0 Å². The SMILES string of the molecule is CCCc1ccc(S(=O)(=O)N(Cc2ccccc2)C2CCN(C)C2)cc1. The molecule has 2 aromatic carbocycles. The Morgan fingerprint density at radius 3 is 2.31 bits per heavy atom. The van der Waals surface area contributed by atoms with Crippen molar-refractivity contribution >= 4 is 10.0 Å². The summed E-state index contributed by atoms with van der Waals surface area (Å²) in [7, 11) is -1.48. The van der Waals surface area contributed by atoms with Gasteiger partial charge in [0.2, 0.25) is 10.0 Å². The topological polar surface area (TPSA) is 40.6 Å². The Morgan fingerprint density at radius 2 is 1.73 bits per heavy atom. The minimum Gasteiger partial charge on any atom is -0.305 e. The number of hydrogen-bond donors (Lipinski definition) is 0. The number of likely N-dealkylation sites (N-methyl/N-ethyl adjacent to an activating group) is 1. The van der Waals surface area contributed by atoms with Gasteiger partial charge in [-0.1, -0.05) is 55.8 Å². The molecule has 0 aromatic heterocycles. The van der Waals surface area contributed by atoms with E-state index in [9.17, 15) is 8.42 Å². The van der Waals surface area contributed by atoms with E-state index in [4.69, 9.17) is 0 Å². The van der Waals surface area contributed by atoms with Crippen LogP contribution in [0, 0.1) is 0 Å². The lowest BCUT2D eigenvalue weighted by Gasteiger charge is -2.28. The Morgan fingerprint density at radius 1 is 1.04 bits per heavy atom. The highest BCUT2D eigenvalue weighted by Crippen LogP contribution is 2.26. The molecule has 0 amide bonds. The van der Waals surface area contributed by atoms with E-state index >= 15 is 0 Å². The van der Waals surface area contributed by atoms with Crippen LogP contribution in [0.3, 0.4) is 0 Å². The van der Waals surface area contributed by atoms with Crippen LogP contribution < -0.4 is 0 Å². The van der Waals surface area contributed by atoms with Crippen molar-refractivity contribution in [1.82, 2.24) is 9.21 Å². The number of likely N-dealkylation sites (tertiary alicyclic amines) is 1. The number of sulfonamides is 1. The van der Waals surface area contributed by atoms with Crippen LogP contribution in [0.1, 0.15) is 30.9 Å². The molecule has 1 saturated heterocycles.